The number of nitrogens with zero attached hydrogens (tertiary/aromatic N) is 5. The van der Waals surface area contributed by atoms with Crippen LogP contribution in [0.1, 0.15) is 33.7 Å². The summed E-state index contributed by atoms with van der Waals surface area (Å²) in [6.07, 6.45) is 3.08. The number of hydrogen-bond acceptors (Lipinski definition) is 6. The number of fused-ring (bicyclic) bond motifs is 1. The number of benzene rings is 1. The molecule has 0 saturated heterocycles. The van der Waals surface area contributed by atoms with E-state index in [2.05, 4.69) is 20.3 Å². The van der Waals surface area contributed by atoms with Crippen molar-refractivity contribution >= 4 is 46.2 Å². The van der Waals surface area contributed by atoms with Crippen LogP contribution < -0.4 is 10.6 Å². The molecule has 5 rings (SSSR count). The van der Waals surface area contributed by atoms with Crippen LogP contribution in [0.4, 0.5) is 5.69 Å². The molecule has 184 valence electrons. The largest absolute Gasteiger partial charge is 0.477 e. The molecular formula is C24H20Cl2N6O3S. The molecule has 9 nitrogen and oxygen atoms in total. The Morgan fingerprint density at radius 2 is 2.14 bits per heavy atom. The third-order valence-corrected chi connectivity index (χ3v) is 7.30. The summed E-state index contributed by atoms with van der Waals surface area (Å²) in [4.78, 5) is 32.6. The minimum Gasteiger partial charge on any atom is -0.477 e. The predicted octanol–water partition coefficient (Wildman–Crippen LogP) is 5.85. The van der Waals surface area contributed by atoms with E-state index in [0.29, 0.717) is 29.4 Å². The molecule has 0 radical (unpaired) electrons. The first-order valence-electron chi connectivity index (χ1n) is 11.0. The zero-order valence-corrected chi connectivity index (χ0v) is 21.3. The van der Waals surface area contributed by atoms with Crippen molar-refractivity contribution in [2.24, 2.45) is 10.3 Å². The van der Waals surface area contributed by atoms with Crippen molar-refractivity contribution in [3.63, 3.8) is 0 Å². The van der Waals surface area contributed by atoms with Crippen LogP contribution >= 0.6 is 34.5 Å². The van der Waals surface area contributed by atoms with Crippen molar-refractivity contribution in [2.75, 3.05) is 18.1 Å². The summed E-state index contributed by atoms with van der Waals surface area (Å²) in [5.41, 5.74) is 4.43. The van der Waals surface area contributed by atoms with Gasteiger partial charge in [0.1, 0.15) is 16.7 Å². The quantitative estimate of drug-likeness (QED) is 0.131. The van der Waals surface area contributed by atoms with Gasteiger partial charge in [0, 0.05) is 40.3 Å². The molecule has 0 saturated carbocycles. The van der Waals surface area contributed by atoms with Gasteiger partial charge in [-0.25, -0.2) is 14.8 Å². The lowest BCUT2D eigenvalue weighted by Crippen LogP contribution is -2.24. The second-order valence-electron chi connectivity index (χ2n) is 8.22. The normalized spacial score (nSPS) is 14.9. The zero-order chi connectivity index (χ0) is 25.4. The van der Waals surface area contributed by atoms with E-state index < -0.39 is 5.97 Å². The predicted molar refractivity (Wildman–Crippen MR) is 140 cm³/mol. The molecule has 1 unspecified atom stereocenters. The topological polar surface area (TPSA) is 116 Å². The summed E-state index contributed by atoms with van der Waals surface area (Å²) < 4.78 is 1.75. The average Bonchev–Trinajstić information content (AvgIpc) is 3.61. The van der Waals surface area contributed by atoms with E-state index in [-0.39, 0.29) is 22.5 Å². The van der Waals surface area contributed by atoms with Crippen LogP contribution in [0.15, 0.2) is 63.1 Å². The standard InChI is InChI=1S/C24H20Cl2N6O3S/c1-31(30-28-12-25)19-4-2-15(26)9-17(19)13-6-16-3-5-20(32(16)22(33)8-13)23-27-10-18(29-23)14-7-21(24(34)35)36-11-14/h2,4,6-11,20H,3,5,12H2,1H3,(H,27,29)(H,34,35). The first kappa shape index (κ1) is 24.2. The van der Waals surface area contributed by atoms with Crippen LogP contribution in [-0.4, -0.2) is 38.7 Å². The van der Waals surface area contributed by atoms with Crippen molar-refractivity contribution in [1.29, 1.82) is 0 Å². The molecule has 0 spiro atoms. The molecule has 1 aliphatic heterocycles. The molecule has 1 aliphatic rings. The number of anilines is 1. The fraction of sp³-hybridized carbons (Fsp3) is 0.208. The maximum atomic E-state index is 13.3. The smallest absolute Gasteiger partial charge is 0.345 e. The van der Waals surface area contributed by atoms with E-state index in [4.69, 9.17) is 23.2 Å². The number of alkyl halides is 1. The maximum Gasteiger partial charge on any atom is 0.345 e. The molecule has 4 aromatic rings. The number of aryl methyl sites for hydroxylation is 1. The molecule has 4 heterocycles. The lowest BCUT2D eigenvalue weighted by atomic mass is 10.0. The third-order valence-electron chi connectivity index (χ3n) is 6.04. The first-order valence-corrected chi connectivity index (χ1v) is 12.7. The highest BCUT2D eigenvalue weighted by molar-refractivity contribution is 7.12. The molecule has 2 N–H and O–H groups in total. The summed E-state index contributed by atoms with van der Waals surface area (Å²) in [6, 6.07) is 10.4. The number of imidazole rings is 1. The van der Waals surface area contributed by atoms with Gasteiger partial charge in [-0.15, -0.1) is 11.3 Å². The Bertz CT molecular complexity index is 1540. The van der Waals surface area contributed by atoms with Crippen LogP contribution in [0.5, 0.6) is 0 Å². The van der Waals surface area contributed by atoms with Gasteiger partial charge >= 0.3 is 5.97 Å². The van der Waals surface area contributed by atoms with E-state index in [0.717, 1.165) is 39.4 Å². The van der Waals surface area contributed by atoms with Crippen molar-refractivity contribution < 1.29 is 9.90 Å². The Morgan fingerprint density at radius 1 is 1.31 bits per heavy atom. The molecule has 0 aliphatic carbocycles. The second-order valence-corrected chi connectivity index (χ2v) is 9.81. The van der Waals surface area contributed by atoms with Gasteiger partial charge in [0.2, 0.25) is 0 Å². The number of hydrogen-bond donors (Lipinski definition) is 2. The lowest BCUT2D eigenvalue weighted by molar-refractivity contribution is 0.0702. The molecule has 3 aromatic heterocycles. The Kier molecular flexibility index (Phi) is 6.65. The number of aromatic amines is 1. The van der Waals surface area contributed by atoms with E-state index in [9.17, 15) is 14.7 Å². The van der Waals surface area contributed by atoms with Gasteiger partial charge in [0.05, 0.1) is 23.6 Å². The lowest BCUT2D eigenvalue weighted by Gasteiger charge is -2.18. The summed E-state index contributed by atoms with van der Waals surface area (Å²) in [6.45, 7) is 0. The van der Waals surface area contributed by atoms with Gasteiger partial charge in [-0.3, -0.25) is 4.79 Å². The number of aromatic carboxylic acids is 1. The fourth-order valence-corrected chi connectivity index (χ4v) is 5.40. The number of H-pyrrole nitrogens is 1. The number of nitrogens with one attached hydrogen (secondary N) is 1. The van der Waals surface area contributed by atoms with Gasteiger partial charge in [-0.2, -0.15) is 5.11 Å². The summed E-state index contributed by atoms with van der Waals surface area (Å²) in [5, 5.41) is 21.0. The van der Waals surface area contributed by atoms with Crippen LogP contribution in [-0.2, 0) is 6.42 Å². The number of carboxylic acids is 1. The number of aromatic nitrogens is 3. The molecule has 0 amide bonds. The van der Waals surface area contributed by atoms with E-state index in [1.165, 1.54) is 0 Å². The fourth-order valence-electron chi connectivity index (χ4n) is 4.44. The van der Waals surface area contributed by atoms with Crippen molar-refractivity contribution in [3.8, 4) is 22.4 Å². The Morgan fingerprint density at radius 3 is 2.89 bits per heavy atom. The Balaban J connectivity index is 1.49. The molecule has 0 bridgehead atoms. The number of pyridine rings is 1. The third kappa shape index (κ3) is 4.55. The van der Waals surface area contributed by atoms with Crippen molar-refractivity contribution in [2.45, 2.75) is 18.9 Å². The minimum absolute atomic E-state index is 0.0382. The highest BCUT2D eigenvalue weighted by atomic mass is 35.5. The SMILES string of the molecule is CN(N=NCCl)c1ccc(Cl)cc1-c1cc2n(c(=O)c1)C(c1ncc(-c3csc(C(=O)O)c3)[nH]1)CC2. The molecule has 0 fully saturated rings. The van der Waals surface area contributed by atoms with Crippen LogP contribution in [0, 0.1) is 0 Å². The molecule has 12 heteroatoms. The maximum absolute atomic E-state index is 13.3. The number of carbonyl (C=O) groups is 1. The summed E-state index contributed by atoms with van der Waals surface area (Å²) in [7, 11) is 1.75. The molecule has 1 atom stereocenters. The van der Waals surface area contributed by atoms with Crippen molar-refractivity contribution in [1.82, 2.24) is 14.5 Å². The van der Waals surface area contributed by atoms with E-state index >= 15 is 0 Å². The zero-order valence-electron chi connectivity index (χ0n) is 19.0. The number of halogens is 2. The van der Waals surface area contributed by atoms with Crippen molar-refractivity contribution in [3.05, 3.63) is 79.7 Å². The van der Waals surface area contributed by atoms with Gasteiger partial charge in [-0.05, 0) is 48.7 Å². The molecular weight excluding hydrogens is 523 g/mol. The number of carboxylic acid groups (broad SMARTS) is 1. The number of rotatable bonds is 7. The van der Waals surface area contributed by atoms with Gasteiger partial charge < -0.3 is 14.7 Å². The Hall–Kier alpha value is -3.47. The van der Waals surface area contributed by atoms with Gasteiger partial charge in [0.15, 0.2) is 0 Å². The summed E-state index contributed by atoms with van der Waals surface area (Å²) in [5.74, 6) is -0.305. The highest BCUT2D eigenvalue weighted by Gasteiger charge is 2.28. The highest BCUT2D eigenvalue weighted by Crippen LogP contribution is 2.36. The van der Waals surface area contributed by atoms with Crippen LogP contribution in [0.25, 0.3) is 22.4 Å². The van der Waals surface area contributed by atoms with E-state index in [1.54, 1.807) is 52.5 Å². The van der Waals surface area contributed by atoms with Gasteiger partial charge in [0.25, 0.3) is 5.56 Å². The van der Waals surface area contributed by atoms with Gasteiger partial charge in [-0.1, -0.05) is 28.4 Å². The average molecular weight is 543 g/mol. The minimum atomic E-state index is -0.964. The monoisotopic (exact) mass is 542 g/mol. The number of thiophene rings is 1. The first-order chi connectivity index (χ1) is 17.4. The molecule has 36 heavy (non-hydrogen) atoms. The van der Waals surface area contributed by atoms with Crippen LogP contribution in [0.3, 0.4) is 0 Å². The molecule has 1 aromatic carbocycles. The Labute approximate surface area is 219 Å². The van der Waals surface area contributed by atoms with Crippen LogP contribution in [0.2, 0.25) is 5.02 Å². The van der Waals surface area contributed by atoms with E-state index in [1.807, 2.05) is 12.1 Å². The summed E-state index contributed by atoms with van der Waals surface area (Å²) >= 11 is 13.1. The second kappa shape index (κ2) is 9.88.